The smallest absolute Gasteiger partial charge is 0.419 e. The van der Waals surface area contributed by atoms with Gasteiger partial charge in [0.05, 0.1) is 17.8 Å². The van der Waals surface area contributed by atoms with Gasteiger partial charge in [0.15, 0.2) is 0 Å². The molecule has 10 heteroatoms. The van der Waals surface area contributed by atoms with Crippen molar-refractivity contribution in [2.45, 2.75) is 43.6 Å². The maximum absolute atomic E-state index is 14.3. The van der Waals surface area contributed by atoms with E-state index in [1.807, 2.05) is 19.1 Å². The molecule has 5 aliphatic rings. The Balaban J connectivity index is 1.10. The Morgan fingerprint density at radius 3 is 2.78 bits per heavy atom. The van der Waals surface area contributed by atoms with Crippen LogP contribution < -0.4 is 15.0 Å². The summed E-state index contributed by atoms with van der Waals surface area (Å²) in [5.74, 6) is 0.118. The van der Waals surface area contributed by atoms with Crippen LogP contribution in [0.1, 0.15) is 24.8 Å². The zero-order valence-electron chi connectivity index (χ0n) is 17.8. The van der Waals surface area contributed by atoms with E-state index in [0.717, 1.165) is 11.3 Å². The fraction of sp³-hybridized carbons (Fsp3) is 0.636. The van der Waals surface area contributed by atoms with Crippen LogP contribution in [-0.4, -0.2) is 85.4 Å². The van der Waals surface area contributed by atoms with E-state index in [1.54, 1.807) is 20.8 Å². The first-order valence-corrected chi connectivity index (χ1v) is 11.2. The molecule has 0 bridgehead atoms. The van der Waals surface area contributed by atoms with Crippen LogP contribution in [0.25, 0.3) is 0 Å². The number of ether oxygens (including phenoxy) is 2. The van der Waals surface area contributed by atoms with E-state index in [9.17, 15) is 18.4 Å². The summed E-state index contributed by atoms with van der Waals surface area (Å²) in [7, 11) is 0. The molecule has 1 aromatic carbocycles. The van der Waals surface area contributed by atoms with Crippen LogP contribution in [0.3, 0.4) is 0 Å². The fourth-order valence-electron chi connectivity index (χ4n) is 5.68. The van der Waals surface area contributed by atoms with Gasteiger partial charge in [-0.2, -0.15) is 8.78 Å². The molecule has 1 aromatic rings. The lowest BCUT2D eigenvalue weighted by Gasteiger charge is -2.54. The Kier molecular flexibility index (Phi) is 4.34. The third kappa shape index (κ3) is 3.02. The summed E-state index contributed by atoms with van der Waals surface area (Å²) in [6, 6.07) is 4.28. The largest absolute Gasteiger partial charge is 0.429 e. The van der Waals surface area contributed by atoms with Gasteiger partial charge >= 0.3 is 12.1 Å². The highest BCUT2D eigenvalue weighted by Crippen LogP contribution is 2.50. The Morgan fingerprint density at radius 1 is 1.19 bits per heavy atom. The first kappa shape index (κ1) is 20.0. The van der Waals surface area contributed by atoms with Crippen molar-refractivity contribution in [2.24, 2.45) is 5.92 Å². The second-order valence-corrected chi connectivity index (χ2v) is 9.61. The zero-order chi connectivity index (χ0) is 22.2. The molecular formula is C22H26F2N4O4. The van der Waals surface area contributed by atoms with Crippen LogP contribution in [0.2, 0.25) is 0 Å². The lowest BCUT2D eigenvalue weighted by atomic mass is 9.85. The van der Waals surface area contributed by atoms with Gasteiger partial charge in [0.2, 0.25) is 5.91 Å². The van der Waals surface area contributed by atoms with Crippen LogP contribution in [0, 0.1) is 5.92 Å². The minimum Gasteiger partial charge on any atom is -0.429 e. The van der Waals surface area contributed by atoms with E-state index >= 15 is 0 Å². The highest BCUT2D eigenvalue weighted by molar-refractivity contribution is 5.79. The van der Waals surface area contributed by atoms with Gasteiger partial charge in [0, 0.05) is 44.6 Å². The normalized spacial score (nSPS) is 33.1. The van der Waals surface area contributed by atoms with Gasteiger partial charge in [0.1, 0.15) is 18.4 Å². The zero-order valence-corrected chi connectivity index (χ0v) is 17.8. The highest BCUT2D eigenvalue weighted by atomic mass is 19.3. The van der Waals surface area contributed by atoms with Gasteiger partial charge in [-0.25, -0.2) is 4.79 Å². The second kappa shape index (κ2) is 6.94. The van der Waals surface area contributed by atoms with E-state index in [4.69, 9.17) is 9.47 Å². The number of likely N-dealkylation sites (tertiary alicyclic amines) is 2. The molecule has 0 spiro atoms. The van der Waals surface area contributed by atoms with Crippen molar-refractivity contribution >= 4 is 17.6 Å². The molecule has 0 saturated carbocycles. The number of hydrogen-bond acceptors (Lipinski definition) is 5. The second-order valence-electron chi connectivity index (χ2n) is 9.61. The quantitative estimate of drug-likeness (QED) is 0.707. The number of halogens is 2. The number of anilines is 1. The fourth-order valence-corrected chi connectivity index (χ4v) is 5.68. The SMILES string of the molecule is CC1CN2c3cc(C4CN(C(=O)N5CCC6OCC(=O)N[C@@H]6C5)C4)ccc3OC(F)(F)C12. The number of morpholine rings is 1. The van der Waals surface area contributed by atoms with Gasteiger partial charge in [-0.3, -0.25) is 4.79 Å². The summed E-state index contributed by atoms with van der Waals surface area (Å²) in [5.41, 5.74) is 1.75. The number of amides is 3. The molecule has 172 valence electrons. The van der Waals surface area contributed by atoms with Crippen molar-refractivity contribution in [2.75, 3.05) is 44.2 Å². The number of benzene rings is 1. The Bertz CT molecular complexity index is 969. The average Bonchev–Trinajstić information content (AvgIpc) is 2.70. The Hall–Kier alpha value is -2.62. The molecule has 6 rings (SSSR count). The molecule has 4 fully saturated rings. The van der Waals surface area contributed by atoms with Crippen molar-refractivity contribution < 1.29 is 27.8 Å². The van der Waals surface area contributed by atoms with Crippen LogP contribution in [0.5, 0.6) is 5.75 Å². The van der Waals surface area contributed by atoms with Gasteiger partial charge in [-0.05, 0) is 24.1 Å². The number of hydrogen-bond donors (Lipinski definition) is 1. The van der Waals surface area contributed by atoms with E-state index in [1.165, 1.54) is 0 Å². The number of nitrogens with one attached hydrogen (secondary N) is 1. The van der Waals surface area contributed by atoms with Crippen LogP contribution in [0.4, 0.5) is 19.3 Å². The number of alkyl halides is 2. The van der Waals surface area contributed by atoms with E-state index < -0.39 is 12.2 Å². The lowest BCUT2D eigenvalue weighted by molar-refractivity contribution is -0.219. The number of rotatable bonds is 1. The molecule has 0 radical (unpaired) electrons. The molecule has 3 amide bonds. The van der Waals surface area contributed by atoms with Crippen LogP contribution in [0.15, 0.2) is 18.2 Å². The maximum atomic E-state index is 14.3. The topological polar surface area (TPSA) is 74.3 Å². The van der Waals surface area contributed by atoms with Gasteiger partial charge in [-0.1, -0.05) is 13.0 Å². The number of carbonyl (C=O) groups is 2. The molecule has 32 heavy (non-hydrogen) atoms. The van der Waals surface area contributed by atoms with Crippen molar-refractivity contribution in [3.63, 3.8) is 0 Å². The van der Waals surface area contributed by atoms with Gasteiger partial charge < -0.3 is 29.5 Å². The summed E-state index contributed by atoms with van der Waals surface area (Å²) in [4.78, 5) is 29.9. The average molecular weight is 448 g/mol. The first-order chi connectivity index (χ1) is 15.3. The maximum Gasteiger partial charge on any atom is 0.419 e. The molecule has 0 aliphatic carbocycles. The molecule has 4 atom stereocenters. The number of piperidine rings is 1. The molecule has 4 saturated heterocycles. The summed E-state index contributed by atoms with van der Waals surface area (Å²) < 4.78 is 39.1. The van der Waals surface area contributed by atoms with Crippen LogP contribution >= 0.6 is 0 Å². The van der Waals surface area contributed by atoms with Crippen LogP contribution in [-0.2, 0) is 9.53 Å². The molecule has 5 heterocycles. The van der Waals surface area contributed by atoms with Crippen molar-refractivity contribution in [3.05, 3.63) is 23.8 Å². The monoisotopic (exact) mass is 448 g/mol. The molecule has 1 N–H and O–H groups in total. The summed E-state index contributed by atoms with van der Waals surface area (Å²) in [6.45, 7) is 4.72. The third-order valence-corrected chi connectivity index (χ3v) is 7.46. The standard InChI is InChI=1S/C22H26F2N4O4/c1-12-7-28-16-6-13(2-3-18(16)32-22(23,24)20(12)28)14-8-27(9-14)21(30)26-5-4-17-15(10-26)25-19(29)11-31-17/h2-3,6,12,14-15,17,20H,4-5,7-11H2,1H3,(H,25,29)/t12?,15-,17?,20?/m1/s1. The first-order valence-electron chi connectivity index (χ1n) is 11.2. The predicted octanol–water partition coefficient (Wildman–Crippen LogP) is 1.60. The predicted molar refractivity (Wildman–Crippen MR) is 110 cm³/mol. The summed E-state index contributed by atoms with van der Waals surface area (Å²) in [6.07, 6.45) is -2.50. The molecule has 0 aromatic heterocycles. The summed E-state index contributed by atoms with van der Waals surface area (Å²) >= 11 is 0. The van der Waals surface area contributed by atoms with Crippen molar-refractivity contribution in [1.82, 2.24) is 15.1 Å². The summed E-state index contributed by atoms with van der Waals surface area (Å²) in [5, 5.41) is 2.92. The molecular weight excluding hydrogens is 422 g/mol. The Morgan fingerprint density at radius 2 is 2.00 bits per heavy atom. The van der Waals surface area contributed by atoms with Crippen molar-refractivity contribution in [1.29, 1.82) is 0 Å². The van der Waals surface area contributed by atoms with E-state index in [-0.39, 0.29) is 48.3 Å². The Labute approximate surface area is 184 Å². The number of carbonyl (C=O) groups excluding carboxylic acids is 2. The van der Waals surface area contributed by atoms with Gasteiger partial charge in [0.25, 0.3) is 0 Å². The molecule has 8 nitrogen and oxygen atoms in total. The number of nitrogens with zero attached hydrogens (tertiary/aromatic N) is 3. The lowest BCUT2D eigenvalue weighted by Crippen LogP contribution is -2.67. The van der Waals surface area contributed by atoms with Gasteiger partial charge in [-0.15, -0.1) is 0 Å². The third-order valence-electron chi connectivity index (χ3n) is 7.46. The molecule has 5 aliphatic heterocycles. The highest BCUT2D eigenvalue weighted by Gasteiger charge is 2.58. The number of urea groups is 1. The van der Waals surface area contributed by atoms with E-state index in [2.05, 4.69) is 5.32 Å². The minimum atomic E-state index is -3.18. The van der Waals surface area contributed by atoms with Crippen molar-refractivity contribution in [3.8, 4) is 5.75 Å². The molecule has 3 unspecified atom stereocenters. The van der Waals surface area contributed by atoms with E-state index in [0.29, 0.717) is 39.1 Å². The number of fused-ring (bicyclic) bond motifs is 4. The minimum absolute atomic E-state index is 0.0287.